The molecule has 0 radical (unpaired) electrons. The highest BCUT2D eigenvalue weighted by molar-refractivity contribution is 5.56. The van der Waals surface area contributed by atoms with E-state index in [-0.39, 0.29) is 11.9 Å². The summed E-state index contributed by atoms with van der Waals surface area (Å²) in [7, 11) is 1.19. The van der Waals surface area contributed by atoms with Crippen LogP contribution in [0.2, 0.25) is 0 Å². The van der Waals surface area contributed by atoms with Crippen molar-refractivity contribution in [1.29, 1.82) is 0 Å². The molecule has 7 fully saturated rings. The molecule has 0 aromatic carbocycles. The van der Waals surface area contributed by atoms with E-state index in [2.05, 4.69) is 5.32 Å². The minimum absolute atomic E-state index is 0.0406. The topological polar surface area (TPSA) is 745 Å². The molecule has 0 amide bonds. The van der Waals surface area contributed by atoms with Gasteiger partial charge in [-0.25, -0.2) is 0 Å². The van der Waals surface area contributed by atoms with Gasteiger partial charge in [-0.3, -0.25) is 0 Å². The van der Waals surface area contributed by atoms with Gasteiger partial charge in [0.15, 0.2) is 50.3 Å². The highest BCUT2D eigenvalue weighted by Crippen LogP contribution is 2.38. The molecule has 0 aromatic heterocycles. The molecule has 45 heteroatoms. The summed E-state index contributed by atoms with van der Waals surface area (Å²) in [4.78, 5) is 11.0. The fourth-order valence-electron chi connectivity index (χ4n) is 12.8. The number of aliphatic hydroxyl groups is 29. The minimum atomic E-state index is -2.08. The Hall–Kier alpha value is -2.35. The molecule has 8 aliphatic rings. The monoisotopic (exact) mass is 1500 g/mol. The maximum Gasteiger partial charge on any atom is 0.187 e. The predicted octanol–water partition coefficient (Wildman–Crippen LogP) is -19.7. The Kier molecular flexibility index (Phi) is 33.1. The van der Waals surface area contributed by atoms with Gasteiger partial charge in [0.1, 0.15) is 183 Å². The quantitative estimate of drug-likeness (QED) is 0.0255. The Morgan fingerprint density at radius 3 is 1.01 bits per heavy atom. The summed E-state index contributed by atoms with van der Waals surface area (Å²) < 4.78 is 76.8. The summed E-state index contributed by atoms with van der Waals surface area (Å²) in [6.45, 7) is -6.00. The van der Waals surface area contributed by atoms with E-state index in [0.29, 0.717) is 0 Å². The standard InChI is InChI=1S/C32H55NO23.C25H44O21/c1-9-14(6-37)51-30(24(48)18(9)42)55-28-16(8-39)53-32(26(50)23(28)47)56-29-15(7-38)52-31(25(49)22(29)46)54-27-10(3-34)2-11(19(43)21(27)45)33-17(12(40)4-35)20(44)13(41)5-36;1-39-22-16(36)12(32)19(7(3-27)41-22)45-24-18(38)14(34)21(9(5-29)43-24)46-25-17(37)13(33)20(8(4-28)42-25)44-23-15(35)11(31)10(30)6(2-26)40-23/h2,5,9,11-35,37-50H,3-4,6-8H2,1H3;6-38H,2-5H2,1H3. The largest absolute Gasteiger partial charge is 0.394 e. The zero-order valence-electron chi connectivity index (χ0n) is 54.4. The molecule has 30 N–H and O–H groups in total. The minimum Gasteiger partial charge on any atom is -0.394 e. The summed E-state index contributed by atoms with van der Waals surface area (Å²) in [6.07, 6.45) is -68.4. The molecule has 0 saturated carbocycles. The van der Waals surface area contributed by atoms with Crippen LogP contribution in [0, 0.1) is 5.92 Å². The predicted molar refractivity (Wildman–Crippen MR) is 315 cm³/mol. The Morgan fingerprint density at radius 2 is 0.686 bits per heavy atom. The van der Waals surface area contributed by atoms with Gasteiger partial charge in [-0.1, -0.05) is 13.0 Å². The van der Waals surface area contributed by atoms with E-state index in [1.165, 1.54) is 14.0 Å². The maximum absolute atomic E-state index is 11.1. The Balaban J connectivity index is 0.000000291. The Bertz CT molecular complexity index is 2500. The zero-order chi connectivity index (χ0) is 75.8. The lowest BCUT2D eigenvalue weighted by Crippen LogP contribution is -2.67. The van der Waals surface area contributed by atoms with E-state index in [1.54, 1.807) is 0 Å². The summed E-state index contributed by atoms with van der Waals surface area (Å²) in [5.74, 6) is -0.717. The van der Waals surface area contributed by atoms with Crippen LogP contribution in [0.3, 0.4) is 0 Å². The van der Waals surface area contributed by atoms with Crippen LogP contribution in [0.4, 0.5) is 0 Å². The van der Waals surface area contributed by atoms with Crippen molar-refractivity contribution in [2.75, 3.05) is 66.6 Å². The average molecular weight is 1500 g/mol. The number of aliphatic hydroxyl groups excluding tert-OH is 29. The first kappa shape index (κ1) is 86.9. The SMILES string of the molecule is CC1C(CO)OC(OC2C(CO)OC(OC3C(CO)OC(OC4C(CO)=CC(NC(C(O)CO)C(O)C(O)C=O)C(O)C4O)C(O)C3O)C(O)C2O)C(O)C1O.COC1OC(CO)C(OC2OC(CO)C(OC3OC(CO)C(OC4OC(CO)C(O)C(O)C4O)C(O)C3O)C(O)C2O)C(O)C1O. The number of carbonyl (C=O) groups is 1. The molecule has 45 nitrogen and oxygen atoms in total. The molecular weight excluding hydrogens is 1400 g/mol. The van der Waals surface area contributed by atoms with Crippen LogP contribution in [-0.2, 0) is 71.1 Å². The summed E-state index contributed by atoms with van der Waals surface area (Å²) in [5, 5.41) is 302. The van der Waals surface area contributed by atoms with E-state index in [0.717, 1.165) is 6.08 Å². The van der Waals surface area contributed by atoms with Crippen LogP contribution in [0.25, 0.3) is 0 Å². The van der Waals surface area contributed by atoms with Crippen molar-refractivity contribution in [3.8, 4) is 0 Å². The van der Waals surface area contributed by atoms with Crippen LogP contribution in [0.15, 0.2) is 11.6 Å². The second-order valence-corrected chi connectivity index (χ2v) is 25.6. The molecule has 7 aliphatic heterocycles. The van der Waals surface area contributed by atoms with E-state index in [4.69, 9.17) is 66.3 Å². The van der Waals surface area contributed by atoms with Crippen LogP contribution in [0.1, 0.15) is 6.92 Å². The van der Waals surface area contributed by atoms with Gasteiger partial charge in [-0.05, 0) is 5.57 Å². The number of hydrogen-bond donors (Lipinski definition) is 30. The van der Waals surface area contributed by atoms with Gasteiger partial charge in [0.25, 0.3) is 0 Å². The molecule has 7 saturated heterocycles. The lowest BCUT2D eigenvalue weighted by Gasteiger charge is -2.49. The molecule has 596 valence electrons. The number of aldehydes is 1. The van der Waals surface area contributed by atoms with Crippen molar-refractivity contribution >= 4 is 6.29 Å². The van der Waals surface area contributed by atoms with E-state index in [1.807, 2.05) is 0 Å². The fraction of sp³-hybridized carbons (Fsp3) is 0.947. The van der Waals surface area contributed by atoms with Gasteiger partial charge in [0.05, 0.1) is 89.9 Å². The second kappa shape index (κ2) is 38.8. The smallest absolute Gasteiger partial charge is 0.187 e. The first-order valence-electron chi connectivity index (χ1n) is 32.4. The maximum atomic E-state index is 11.1. The molecule has 1 aliphatic carbocycles. The molecule has 102 heavy (non-hydrogen) atoms. The van der Waals surface area contributed by atoms with Gasteiger partial charge < -0.3 is 225 Å². The third kappa shape index (κ3) is 18.9. The van der Waals surface area contributed by atoms with Crippen molar-refractivity contribution in [3.05, 3.63) is 11.6 Å². The lowest BCUT2D eigenvalue weighted by molar-refractivity contribution is -0.388. The number of methoxy groups -OCH3 is 1. The zero-order valence-corrected chi connectivity index (χ0v) is 54.4. The first-order chi connectivity index (χ1) is 48.3. The summed E-state index contributed by atoms with van der Waals surface area (Å²) in [6, 6.07) is -3.08. The summed E-state index contributed by atoms with van der Waals surface area (Å²) in [5.41, 5.74) is -0.186. The molecule has 43 atom stereocenters. The number of carbonyl (C=O) groups excluding carboxylic acids is 1. The number of nitrogens with one attached hydrogen (secondary N) is 1. The third-order valence-electron chi connectivity index (χ3n) is 19.0. The van der Waals surface area contributed by atoms with Gasteiger partial charge >= 0.3 is 0 Å². The van der Waals surface area contributed by atoms with Gasteiger partial charge in [-0.15, -0.1) is 0 Å². The number of ether oxygens (including phenoxy) is 14. The van der Waals surface area contributed by atoms with Crippen molar-refractivity contribution < 1.29 is 219 Å². The third-order valence-corrected chi connectivity index (χ3v) is 19.0. The van der Waals surface area contributed by atoms with Gasteiger partial charge in [0, 0.05) is 13.0 Å². The van der Waals surface area contributed by atoms with Crippen LogP contribution in [0.5, 0.6) is 0 Å². The van der Waals surface area contributed by atoms with Crippen molar-refractivity contribution in [3.63, 3.8) is 0 Å². The molecule has 0 bridgehead atoms. The van der Waals surface area contributed by atoms with Crippen molar-refractivity contribution in [2.24, 2.45) is 5.92 Å². The Morgan fingerprint density at radius 1 is 0.382 bits per heavy atom. The molecule has 0 spiro atoms. The highest BCUT2D eigenvalue weighted by atomic mass is 16.8. The van der Waals surface area contributed by atoms with Crippen LogP contribution < -0.4 is 5.32 Å². The van der Waals surface area contributed by atoms with Crippen molar-refractivity contribution in [1.82, 2.24) is 5.32 Å². The number of rotatable bonds is 28. The van der Waals surface area contributed by atoms with Crippen LogP contribution >= 0.6 is 0 Å². The first-order valence-corrected chi connectivity index (χ1v) is 32.4. The van der Waals surface area contributed by atoms with Crippen LogP contribution in [-0.4, -0.2) is 478 Å². The molecule has 43 unspecified atom stereocenters. The molecule has 8 rings (SSSR count). The Labute approximate surface area is 578 Å². The van der Waals surface area contributed by atoms with E-state index < -0.39 is 323 Å². The number of hydrogen-bond acceptors (Lipinski definition) is 45. The van der Waals surface area contributed by atoms with Gasteiger partial charge in [-0.2, -0.15) is 0 Å². The van der Waals surface area contributed by atoms with E-state index in [9.17, 15) is 153 Å². The highest BCUT2D eigenvalue weighted by Gasteiger charge is 2.58. The molecular formula is C57H99NO44. The fourth-order valence-corrected chi connectivity index (χ4v) is 12.8. The van der Waals surface area contributed by atoms with Gasteiger partial charge in [0.2, 0.25) is 0 Å². The average Bonchev–Trinajstić information content (AvgIpc) is 0.781. The summed E-state index contributed by atoms with van der Waals surface area (Å²) >= 11 is 0. The second-order valence-electron chi connectivity index (χ2n) is 25.6. The lowest BCUT2D eigenvalue weighted by atomic mass is 9.86. The normalized spacial score (nSPS) is 48.6. The van der Waals surface area contributed by atoms with E-state index >= 15 is 0 Å². The molecule has 7 heterocycles. The molecule has 0 aromatic rings. The van der Waals surface area contributed by atoms with Crippen molar-refractivity contribution in [2.45, 2.75) is 264 Å².